The molecule has 0 bridgehead atoms. The van der Waals surface area contributed by atoms with Gasteiger partial charge in [-0.25, -0.2) is 9.97 Å². The third kappa shape index (κ3) is 6.50. The number of hydrogen-bond acceptors (Lipinski definition) is 5. The van der Waals surface area contributed by atoms with Crippen LogP contribution in [-0.4, -0.2) is 78.6 Å². The molecule has 1 aliphatic heterocycles. The first kappa shape index (κ1) is 22.2. The van der Waals surface area contributed by atoms with Crippen LogP contribution >= 0.6 is 0 Å². The molecule has 1 fully saturated rings. The predicted octanol–water partition coefficient (Wildman–Crippen LogP) is 2.15. The molecule has 0 spiro atoms. The normalized spacial score (nSPS) is 18.0. The number of nitrogens with zero attached hydrogens (tertiary/aromatic N) is 5. The van der Waals surface area contributed by atoms with E-state index in [0.29, 0.717) is 19.0 Å². The highest BCUT2D eigenvalue weighted by molar-refractivity contribution is 5.80. The van der Waals surface area contributed by atoms with Gasteiger partial charge in [-0.3, -0.25) is 4.99 Å². The average Bonchev–Trinajstić information content (AvgIpc) is 3.14. The molecule has 1 aliphatic rings. The number of likely N-dealkylation sites (tertiary alicyclic amines) is 1. The smallest absolute Gasteiger partial charge is 0.354 e. The van der Waals surface area contributed by atoms with Crippen molar-refractivity contribution in [2.45, 2.75) is 26.4 Å². The molecule has 1 aromatic heterocycles. The first-order valence-corrected chi connectivity index (χ1v) is 9.69. The van der Waals surface area contributed by atoms with Crippen molar-refractivity contribution in [3.05, 3.63) is 18.0 Å². The lowest BCUT2D eigenvalue weighted by Crippen LogP contribution is -2.42. The Hall–Kier alpha value is -2.10. The van der Waals surface area contributed by atoms with Crippen molar-refractivity contribution in [1.82, 2.24) is 25.1 Å². The Labute approximate surface area is 164 Å². The van der Waals surface area contributed by atoms with Crippen LogP contribution in [-0.2, 0) is 6.18 Å². The summed E-state index contributed by atoms with van der Waals surface area (Å²) in [7, 11) is 1.74. The molecule has 10 heteroatoms. The molecule has 2 rings (SSSR count). The van der Waals surface area contributed by atoms with Gasteiger partial charge in [-0.05, 0) is 31.5 Å². The number of aromatic nitrogens is 2. The van der Waals surface area contributed by atoms with E-state index in [4.69, 9.17) is 0 Å². The lowest BCUT2D eigenvalue weighted by atomic mass is 10.1. The minimum atomic E-state index is -4.48. The van der Waals surface area contributed by atoms with Gasteiger partial charge in [-0.15, -0.1) is 0 Å². The SMILES string of the molecule is CCN(CC)CC1CCN(C(=NC)NCCNc2nccc(C(F)(F)F)n2)C1. The van der Waals surface area contributed by atoms with Crippen molar-refractivity contribution in [2.75, 3.05) is 58.2 Å². The van der Waals surface area contributed by atoms with Crippen LogP contribution in [0.1, 0.15) is 26.0 Å². The zero-order valence-corrected chi connectivity index (χ0v) is 16.8. The molecule has 1 saturated heterocycles. The number of anilines is 1. The summed E-state index contributed by atoms with van der Waals surface area (Å²) < 4.78 is 38.0. The Morgan fingerprint density at radius 2 is 2.07 bits per heavy atom. The van der Waals surface area contributed by atoms with Crippen LogP contribution in [0.3, 0.4) is 0 Å². The van der Waals surface area contributed by atoms with E-state index in [1.165, 1.54) is 0 Å². The molecule has 1 atom stereocenters. The fourth-order valence-corrected chi connectivity index (χ4v) is 3.30. The van der Waals surface area contributed by atoms with E-state index in [1.54, 1.807) is 7.05 Å². The van der Waals surface area contributed by atoms with Crippen LogP contribution in [0.25, 0.3) is 0 Å². The van der Waals surface area contributed by atoms with Crippen molar-refractivity contribution in [2.24, 2.45) is 10.9 Å². The Balaban J connectivity index is 1.76. The lowest BCUT2D eigenvalue weighted by Gasteiger charge is -2.24. The highest BCUT2D eigenvalue weighted by atomic mass is 19.4. The van der Waals surface area contributed by atoms with E-state index >= 15 is 0 Å². The zero-order chi connectivity index (χ0) is 20.6. The van der Waals surface area contributed by atoms with Gasteiger partial charge in [-0.1, -0.05) is 13.8 Å². The molecular formula is C18H30F3N7. The highest BCUT2D eigenvalue weighted by Gasteiger charge is 2.32. The number of alkyl halides is 3. The molecule has 28 heavy (non-hydrogen) atoms. The van der Waals surface area contributed by atoms with Gasteiger partial charge in [0.05, 0.1) is 0 Å². The Bertz CT molecular complexity index is 632. The van der Waals surface area contributed by atoms with E-state index in [-0.39, 0.29) is 5.95 Å². The lowest BCUT2D eigenvalue weighted by molar-refractivity contribution is -0.141. The fourth-order valence-electron chi connectivity index (χ4n) is 3.30. The molecule has 0 aromatic carbocycles. The third-order valence-corrected chi connectivity index (χ3v) is 4.85. The number of rotatable bonds is 8. The molecule has 0 aliphatic carbocycles. The van der Waals surface area contributed by atoms with Gasteiger partial charge in [0.2, 0.25) is 5.95 Å². The van der Waals surface area contributed by atoms with Crippen molar-refractivity contribution >= 4 is 11.9 Å². The summed E-state index contributed by atoms with van der Waals surface area (Å²) in [5.41, 5.74) is -0.954. The van der Waals surface area contributed by atoms with Gasteiger partial charge < -0.3 is 20.4 Å². The molecule has 1 aromatic rings. The summed E-state index contributed by atoms with van der Waals surface area (Å²) in [4.78, 5) is 16.3. The molecule has 1 unspecified atom stereocenters. The number of halogens is 3. The Morgan fingerprint density at radius 3 is 2.71 bits per heavy atom. The summed E-state index contributed by atoms with van der Waals surface area (Å²) in [6.45, 7) is 10.4. The van der Waals surface area contributed by atoms with E-state index in [9.17, 15) is 13.2 Å². The Morgan fingerprint density at radius 1 is 1.32 bits per heavy atom. The van der Waals surface area contributed by atoms with Crippen LogP contribution in [0.2, 0.25) is 0 Å². The standard InChI is InChI=1S/C18H30F3N7/c1-4-27(5-2)12-14-7-11-28(13-14)17(22-3)25-10-9-24-16-23-8-6-15(26-16)18(19,20)21/h6,8,14H,4-5,7,9-13H2,1-3H3,(H,22,25)(H,23,24,26). The van der Waals surface area contributed by atoms with Crippen LogP contribution in [0, 0.1) is 5.92 Å². The topological polar surface area (TPSA) is 68.7 Å². The van der Waals surface area contributed by atoms with Crippen molar-refractivity contribution < 1.29 is 13.2 Å². The minimum Gasteiger partial charge on any atom is -0.354 e. The summed E-state index contributed by atoms with van der Waals surface area (Å²) in [5.74, 6) is 1.40. The van der Waals surface area contributed by atoms with Crippen LogP contribution in [0.5, 0.6) is 0 Å². The van der Waals surface area contributed by atoms with Crippen LogP contribution in [0.15, 0.2) is 17.3 Å². The van der Waals surface area contributed by atoms with Gasteiger partial charge in [0.1, 0.15) is 5.69 Å². The quantitative estimate of drug-likeness (QED) is 0.395. The van der Waals surface area contributed by atoms with E-state index in [1.807, 2.05) is 0 Å². The van der Waals surface area contributed by atoms with E-state index in [0.717, 1.165) is 57.4 Å². The maximum absolute atomic E-state index is 12.7. The third-order valence-electron chi connectivity index (χ3n) is 4.85. The number of nitrogens with one attached hydrogen (secondary N) is 2. The largest absolute Gasteiger partial charge is 0.433 e. The number of aliphatic imine (C=N–C) groups is 1. The van der Waals surface area contributed by atoms with Gasteiger partial charge in [0.25, 0.3) is 0 Å². The van der Waals surface area contributed by atoms with Gasteiger partial charge in [-0.2, -0.15) is 13.2 Å². The second kappa shape index (κ2) is 10.4. The summed E-state index contributed by atoms with van der Waals surface area (Å²) >= 11 is 0. The fraction of sp³-hybridized carbons (Fsp3) is 0.722. The second-order valence-electron chi connectivity index (χ2n) is 6.75. The maximum Gasteiger partial charge on any atom is 0.433 e. The van der Waals surface area contributed by atoms with Crippen molar-refractivity contribution in [1.29, 1.82) is 0 Å². The van der Waals surface area contributed by atoms with Crippen LogP contribution in [0.4, 0.5) is 19.1 Å². The van der Waals surface area contributed by atoms with Crippen LogP contribution < -0.4 is 10.6 Å². The van der Waals surface area contributed by atoms with Gasteiger partial charge in [0, 0.05) is 46.0 Å². The molecular weight excluding hydrogens is 371 g/mol. The molecule has 7 nitrogen and oxygen atoms in total. The first-order valence-electron chi connectivity index (χ1n) is 9.69. The number of hydrogen-bond donors (Lipinski definition) is 2. The number of guanidine groups is 1. The van der Waals surface area contributed by atoms with Crippen molar-refractivity contribution in [3.63, 3.8) is 0 Å². The van der Waals surface area contributed by atoms with Gasteiger partial charge in [0.15, 0.2) is 5.96 Å². The maximum atomic E-state index is 12.7. The zero-order valence-electron chi connectivity index (χ0n) is 16.8. The average molecular weight is 401 g/mol. The predicted molar refractivity (Wildman–Crippen MR) is 104 cm³/mol. The molecule has 0 amide bonds. The molecule has 0 radical (unpaired) electrons. The summed E-state index contributed by atoms with van der Waals surface area (Å²) in [5, 5.41) is 6.06. The minimum absolute atomic E-state index is 0.0351. The van der Waals surface area contributed by atoms with E-state index in [2.05, 4.69) is 49.2 Å². The van der Waals surface area contributed by atoms with Crippen molar-refractivity contribution in [3.8, 4) is 0 Å². The van der Waals surface area contributed by atoms with E-state index < -0.39 is 11.9 Å². The first-order chi connectivity index (χ1) is 13.4. The molecule has 0 saturated carbocycles. The molecule has 2 heterocycles. The monoisotopic (exact) mass is 401 g/mol. The second-order valence-corrected chi connectivity index (χ2v) is 6.75. The highest BCUT2D eigenvalue weighted by Crippen LogP contribution is 2.27. The summed E-state index contributed by atoms with van der Waals surface area (Å²) in [6.07, 6.45) is -2.24. The van der Waals surface area contributed by atoms with Gasteiger partial charge >= 0.3 is 6.18 Å². The molecule has 158 valence electrons. The summed E-state index contributed by atoms with van der Waals surface area (Å²) in [6, 6.07) is 0.854. The Kier molecular flexibility index (Phi) is 8.28. The molecule has 2 N–H and O–H groups in total.